The van der Waals surface area contributed by atoms with E-state index in [0.717, 1.165) is 0 Å². The highest BCUT2D eigenvalue weighted by atomic mass is 16.4. The molecule has 0 spiro atoms. The molecule has 0 aliphatic carbocycles. The first-order valence-corrected chi connectivity index (χ1v) is 5.20. The van der Waals surface area contributed by atoms with Gasteiger partial charge in [-0.05, 0) is 31.5 Å². The number of rotatable bonds is 4. The summed E-state index contributed by atoms with van der Waals surface area (Å²) in [5.41, 5.74) is 5.85. The molecule has 17 heavy (non-hydrogen) atoms. The van der Waals surface area contributed by atoms with Gasteiger partial charge >= 0.3 is 5.97 Å². The predicted octanol–water partition coefficient (Wildman–Crippen LogP) is 0.989. The molecular weight excluding hydrogens is 220 g/mol. The van der Waals surface area contributed by atoms with E-state index in [-0.39, 0.29) is 12.3 Å². The number of carbonyl (C=O) groups is 2. The van der Waals surface area contributed by atoms with Crippen molar-refractivity contribution < 1.29 is 14.7 Å². The molecule has 0 aromatic heterocycles. The van der Waals surface area contributed by atoms with Crippen LogP contribution >= 0.6 is 0 Å². The highest BCUT2D eigenvalue weighted by molar-refractivity contribution is 5.97. The van der Waals surface area contributed by atoms with E-state index in [0.29, 0.717) is 11.3 Å². The van der Waals surface area contributed by atoms with Gasteiger partial charge < -0.3 is 16.2 Å². The van der Waals surface area contributed by atoms with Crippen LogP contribution in [0.2, 0.25) is 0 Å². The van der Waals surface area contributed by atoms with Gasteiger partial charge in [-0.3, -0.25) is 9.59 Å². The molecule has 1 aromatic carbocycles. The number of nitrogens with one attached hydrogen (secondary N) is 1. The second kappa shape index (κ2) is 4.97. The number of hydrogen-bond donors (Lipinski definition) is 3. The molecule has 0 heterocycles. The van der Waals surface area contributed by atoms with E-state index in [1.165, 1.54) is 0 Å². The van der Waals surface area contributed by atoms with E-state index in [2.05, 4.69) is 5.32 Å². The number of hydrogen-bond acceptors (Lipinski definition) is 3. The Bertz CT molecular complexity index is 436. The van der Waals surface area contributed by atoms with E-state index in [1.807, 2.05) is 0 Å². The summed E-state index contributed by atoms with van der Waals surface area (Å²) in [5.74, 6) is -1.22. The van der Waals surface area contributed by atoms with Crippen LogP contribution < -0.4 is 11.1 Å². The minimum atomic E-state index is -0.969. The van der Waals surface area contributed by atoms with E-state index >= 15 is 0 Å². The maximum absolute atomic E-state index is 11.6. The first-order chi connectivity index (χ1) is 7.79. The Morgan fingerprint density at radius 3 is 2.59 bits per heavy atom. The van der Waals surface area contributed by atoms with Crippen molar-refractivity contribution in [3.63, 3.8) is 0 Å². The molecule has 0 saturated carbocycles. The van der Waals surface area contributed by atoms with Crippen molar-refractivity contribution in [3.8, 4) is 0 Å². The van der Waals surface area contributed by atoms with Crippen molar-refractivity contribution in [3.05, 3.63) is 29.8 Å². The third-order valence-electron chi connectivity index (χ3n) is 2.13. The van der Waals surface area contributed by atoms with Crippen molar-refractivity contribution in [1.29, 1.82) is 0 Å². The van der Waals surface area contributed by atoms with Gasteiger partial charge in [0.05, 0.1) is 12.0 Å². The predicted molar refractivity (Wildman–Crippen MR) is 64.7 cm³/mol. The van der Waals surface area contributed by atoms with E-state index in [9.17, 15) is 9.59 Å². The van der Waals surface area contributed by atoms with Crippen molar-refractivity contribution >= 4 is 17.6 Å². The van der Waals surface area contributed by atoms with Gasteiger partial charge in [-0.15, -0.1) is 0 Å². The summed E-state index contributed by atoms with van der Waals surface area (Å²) in [6, 6.07) is 6.70. The Balaban J connectivity index is 2.79. The second-order valence-electron chi connectivity index (χ2n) is 4.45. The number of nitrogens with two attached hydrogens (primary N) is 1. The minimum Gasteiger partial charge on any atom is -0.481 e. The molecule has 1 amide bonds. The molecule has 5 heteroatoms. The molecule has 1 aromatic rings. The number of amides is 1. The Hall–Kier alpha value is -1.88. The number of carboxylic acid groups (broad SMARTS) is 1. The third-order valence-corrected chi connectivity index (χ3v) is 2.13. The van der Waals surface area contributed by atoms with E-state index in [4.69, 9.17) is 10.8 Å². The third kappa shape index (κ3) is 4.24. The van der Waals surface area contributed by atoms with Crippen molar-refractivity contribution in [1.82, 2.24) is 0 Å². The molecule has 0 unspecified atom stereocenters. The minimum absolute atomic E-state index is 0.0737. The molecule has 92 valence electrons. The zero-order valence-corrected chi connectivity index (χ0v) is 9.86. The van der Waals surface area contributed by atoms with Crippen LogP contribution in [0, 0.1) is 0 Å². The maximum Gasteiger partial charge on any atom is 0.307 e. The molecule has 4 N–H and O–H groups in total. The van der Waals surface area contributed by atoms with Gasteiger partial charge in [0.15, 0.2) is 0 Å². The molecule has 1 rings (SSSR count). The normalized spacial score (nSPS) is 11.0. The van der Waals surface area contributed by atoms with Gasteiger partial charge in [-0.2, -0.15) is 0 Å². The van der Waals surface area contributed by atoms with Gasteiger partial charge in [0.25, 0.3) is 0 Å². The molecule has 0 atom stereocenters. The number of carboxylic acids is 1. The number of anilines is 1. The van der Waals surface area contributed by atoms with Gasteiger partial charge in [0, 0.05) is 5.69 Å². The Labute approximate surface area is 99.6 Å². The van der Waals surface area contributed by atoms with Crippen molar-refractivity contribution in [2.45, 2.75) is 25.8 Å². The molecular formula is C12H16N2O3. The van der Waals surface area contributed by atoms with Gasteiger partial charge in [-0.25, -0.2) is 0 Å². The lowest BCUT2D eigenvalue weighted by Crippen LogP contribution is -2.45. The monoisotopic (exact) mass is 236 g/mol. The van der Waals surface area contributed by atoms with Crippen LogP contribution in [0.15, 0.2) is 24.3 Å². The molecule has 0 bridgehead atoms. The van der Waals surface area contributed by atoms with Crippen LogP contribution in [-0.2, 0) is 16.0 Å². The molecule has 5 nitrogen and oxygen atoms in total. The molecule has 0 aliphatic heterocycles. The van der Waals surface area contributed by atoms with Crippen LogP contribution in [0.1, 0.15) is 19.4 Å². The Morgan fingerprint density at radius 2 is 2.06 bits per heavy atom. The topological polar surface area (TPSA) is 92.4 Å². The molecule has 0 fully saturated rings. The highest BCUT2D eigenvalue weighted by Crippen LogP contribution is 2.13. The zero-order chi connectivity index (χ0) is 13.1. The van der Waals surface area contributed by atoms with Crippen LogP contribution in [-0.4, -0.2) is 22.5 Å². The zero-order valence-electron chi connectivity index (χ0n) is 9.86. The Morgan fingerprint density at radius 1 is 1.41 bits per heavy atom. The SMILES string of the molecule is CC(C)(N)C(=O)Nc1cccc(CC(=O)O)c1. The fraction of sp³-hybridized carbons (Fsp3) is 0.333. The second-order valence-corrected chi connectivity index (χ2v) is 4.45. The summed E-state index contributed by atoms with van der Waals surface area (Å²) in [4.78, 5) is 22.2. The lowest BCUT2D eigenvalue weighted by Gasteiger charge is -2.18. The fourth-order valence-electron chi connectivity index (χ4n) is 1.23. The summed E-state index contributed by atoms with van der Waals surface area (Å²) in [6.07, 6.45) is -0.0737. The number of aliphatic carboxylic acids is 1. The Kier molecular flexibility index (Phi) is 3.85. The summed E-state index contributed by atoms with van der Waals surface area (Å²) < 4.78 is 0. The smallest absolute Gasteiger partial charge is 0.307 e. The van der Waals surface area contributed by atoms with Crippen LogP contribution in [0.25, 0.3) is 0 Å². The van der Waals surface area contributed by atoms with Crippen molar-refractivity contribution in [2.75, 3.05) is 5.32 Å². The first kappa shape index (κ1) is 13.2. The van der Waals surface area contributed by atoms with Gasteiger partial charge in [-0.1, -0.05) is 12.1 Å². The average molecular weight is 236 g/mol. The van der Waals surface area contributed by atoms with Gasteiger partial charge in [0.2, 0.25) is 5.91 Å². The molecule has 0 aliphatic rings. The van der Waals surface area contributed by atoms with E-state index in [1.54, 1.807) is 38.1 Å². The standard InChI is InChI=1S/C12H16N2O3/c1-12(2,13)11(17)14-9-5-3-4-8(6-9)7-10(15)16/h3-6H,7,13H2,1-2H3,(H,14,17)(H,15,16). The van der Waals surface area contributed by atoms with Crippen LogP contribution in [0.3, 0.4) is 0 Å². The lowest BCUT2D eigenvalue weighted by atomic mass is 10.1. The number of carbonyl (C=O) groups excluding carboxylic acids is 1. The largest absolute Gasteiger partial charge is 0.481 e. The van der Waals surface area contributed by atoms with Crippen LogP contribution in [0.4, 0.5) is 5.69 Å². The fourth-order valence-corrected chi connectivity index (χ4v) is 1.23. The van der Waals surface area contributed by atoms with Gasteiger partial charge in [0.1, 0.15) is 0 Å². The summed E-state index contributed by atoms with van der Waals surface area (Å²) in [7, 11) is 0. The van der Waals surface area contributed by atoms with E-state index < -0.39 is 11.5 Å². The highest BCUT2D eigenvalue weighted by Gasteiger charge is 2.21. The number of benzene rings is 1. The summed E-state index contributed by atoms with van der Waals surface area (Å²) >= 11 is 0. The summed E-state index contributed by atoms with van der Waals surface area (Å²) in [5, 5.41) is 11.3. The summed E-state index contributed by atoms with van der Waals surface area (Å²) in [6.45, 7) is 3.20. The first-order valence-electron chi connectivity index (χ1n) is 5.20. The quantitative estimate of drug-likeness (QED) is 0.726. The average Bonchev–Trinajstić information content (AvgIpc) is 2.15. The molecule has 0 saturated heterocycles. The lowest BCUT2D eigenvalue weighted by molar-refractivity contribution is -0.136. The van der Waals surface area contributed by atoms with Crippen molar-refractivity contribution in [2.24, 2.45) is 5.73 Å². The maximum atomic E-state index is 11.6. The van der Waals surface area contributed by atoms with Crippen LogP contribution in [0.5, 0.6) is 0 Å². The molecule has 0 radical (unpaired) electrons.